The number of carbonyl (C=O) groups excluding carboxylic acids is 1. The molecule has 0 saturated heterocycles. The van der Waals surface area contributed by atoms with Crippen molar-refractivity contribution < 1.29 is 14.1 Å². The Morgan fingerprint density at radius 1 is 1.20 bits per heavy atom. The zero-order chi connectivity index (χ0) is 17.6. The monoisotopic (exact) mass is 340 g/mol. The Balaban J connectivity index is 1.72. The Kier molecular flexibility index (Phi) is 4.89. The Labute approximate surface area is 143 Å². The van der Waals surface area contributed by atoms with Crippen LogP contribution in [0.15, 0.2) is 58.0 Å². The van der Waals surface area contributed by atoms with Gasteiger partial charge in [0.2, 0.25) is 5.91 Å². The SMILES string of the molecule is COc1ccc(-c2ccc(=O)n(CC(=O)NCc3ccon3)n2)cc1. The number of carbonyl (C=O) groups is 1. The first kappa shape index (κ1) is 16.4. The molecule has 3 aromatic rings. The lowest BCUT2D eigenvalue weighted by Crippen LogP contribution is -2.33. The third-order valence-corrected chi connectivity index (χ3v) is 3.50. The summed E-state index contributed by atoms with van der Waals surface area (Å²) in [7, 11) is 1.59. The van der Waals surface area contributed by atoms with Gasteiger partial charge in [-0.3, -0.25) is 9.59 Å². The number of benzene rings is 1. The van der Waals surface area contributed by atoms with Crippen molar-refractivity contribution in [2.24, 2.45) is 0 Å². The van der Waals surface area contributed by atoms with Crippen LogP contribution < -0.4 is 15.6 Å². The van der Waals surface area contributed by atoms with Gasteiger partial charge in [-0.2, -0.15) is 5.10 Å². The van der Waals surface area contributed by atoms with Gasteiger partial charge in [0, 0.05) is 17.7 Å². The zero-order valence-electron chi connectivity index (χ0n) is 13.5. The van der Waals surface area contributed by atoms with Gasteiger partial charge in [0.15, 0.2) is 0 Å². The van der Waals surface area contributed by atoms with E-state index in [1.165, 1.54) is 12.3 Å². The molecule has 0 radical (unpaired) electrons. The van der Waals surface area contributed by atoms with Crippen LogP contribution in [0.25, 0.3) is 11.3 Å². The van der Waals surface area contributed by atoms with Crippen molar-refractivity contribution in [2.45, 2.75) is 13.1 Å². The standard InChI is InChI=1S/C17H16N4O4/c1-24-14-4-2-12(3-5-14)15-6-7-17(23)21(19-15)11-16(22)18-10-13-8-9-25-20-13/h2-9H,10-11H2,1H3,(H,18,22). The second-order valence-corrected chi connectivity index (χ2v) is 5.21. The molecule has 2 aromatic heterocycles. The van der Waals surface area contributed by atoms with Crippen LogP contribution in [0.1, 0.15) is 5.69 Å². The van der Waals surface area contributed by atoms with E-state index in [1.807, 2.05) is 12.1 Å². The summed E-state index contributed by atoms with van der Waals surface area (Å²) in [5, 5.41) is 10.6. The molecule has 2 heterocycles. The van der Waals surface area contributed by atoms with Crippen LogP contribution in [0, 0.1) is 0 Å². The highest BCUT2D eigenvalue weighted by atomic mass is 16.5. The topological polar surface area (TPSA) is 99.2 Å². The summed E-state index contributed by atoms with van der Waals surface area (Å²) in [5.41, 5.74) is 1.65. The van der Waals surface area contributed by atoms with Gasteiger partial charge in [-0.05, 0) is 30.3 Å². The van der Waals surface area contributed by atoms with Crippen molar-refractivity contribution in [3.63, 3.8) is 0 Å². The molecule has 3 rings (SSSR count). The maximum absolute atomic E-state index is 12.0. The molecule has 0 fully saturated rings. The van der Waals surface area contributed by atoms with Crippen LogP contribution >= 0.6 is 0 Å². The predicted octanol–water partition coefficient (Wildman–Crippen LogP) is 1.22. The minimum absolute atomic E-state index is 0.180. The van der Waals surface area contributed by atoms with Crippen LogP contribution in [0.4, 0.5) is 0 Å². The maximum Gasteiger partial charge on any atom is 0.267 e. The number of ether oxygens (including phenoxy) is 1. The molecule has 0 bridgehead atoms. The highest BCUT2D eigenvalue weighted by molar-refractivity contribution is 5.75. The lowest BCUT2D eigenvalue weighted by Gasteiger charge is -2.08. The molecular weight excluding hydrogens is 324 g/mol. The van der Waals surface area contributed by atoms with E-state index in [9.17, 15) is 9.59 Å². The van der Waals surface area contributed by atoms with Crippen molar-refractivity contribution in [2.75, 3.05) is 7.11 Å². The van der Waals surface area contributed by atoms with Gasteiger partial charge in [-0.15, -0.1) is 0 Å². The first-order valence-corrected chi connectivity index (χ1v) is 7.54. The van der Waals surface area contributed by atoms with Gasteiger partial charge in [-0.1, -0.05) is 5.16 Å². The van der Waals surface area contributed by atoms with Crippen LogP contribution in [-0.2, 0) is 17.9 Å². The number of nitrogens with zero attached hydrogens (tertiary/aromatic N) is 3. The average molecular weight is 340 g/mol. The van der Waals surface area contributed by atoms with Crippen LogP contribution in [0.5, 0.6) is 5.75 Å². The Bertz CT molecular complexity index is 901. The largest absolute Gasteiger partial charge is 0.497 e. The number of methoxy groups -OCH3 is 1. The number of amides is 1. The Morgan fingerprint density at radius 3 is 2.68 bits per heavy atom. The average Bonchev–Trinajstić information content (AvgIpc) is 3.15. The normalized spacial score (nSPS) is 10.4. The first-order chi connectivity index (χ1) is 12.2. The number of rotatable bonds is 6. The summed E-state index contributed by atoms with van der Waals surface area (Å²) in [6.45, 7) is 0.0446. The molecule has 1 N–H and O–H groups in total. The second-order valence-electron chi connectivity index (χ2n) is 5.21. The smallest absolute Gasteiger partial charge is 0.267 e. The first-order valence-electron chi connectivity index (χ1n) is 7.54. The van der Waals surface area contributed by atoms with E-state index in [0.717, 1.165) is 16.0 Å². The Hall–Kier alpha value is -3.42. The van der Waals surface area contributed by atoms with Gasteiger partial charge in [0.05, 0.1) is 19.3 Å². The lowest BCUT2D eigenvalue weighted by atomic mass is 10.1. The highest BCUT2D eigenvalue weighted by Crippen LogP contribution is 2.19. The Morgan fingerprint density at radius 2 is 2.00 bits per heavy atom. The maximum atomic E-state index is 12.0. The fourth-order valence-electron chi connectivity index (χ4n) is 2.19. The van der Waals surface area contributed by atoms with Crippen LogP contribution in [0.3, 0.4) is 0 Å². The van der Waals surface area contributed by atoms with Gasteiger partial charge < -0.3 is 14.6 Å². The van der Waals surface area contributed by atoms with Gasteiger partial charge in [0.25, 0.3) is 5.56 Å². The number of aromatic nitrogens is 3. The number of hydrogen-bond donors (Lipinski definition) is 1. The molecule has 0 spiro atoms. The van der Waals surface area contributed by atoms with Crippen LogP contribution in [-0.4, -0.2) is 28.0 Å². The van der Waals surface area contributed by atoms with E-state index in [0.29, 0.717) is 11.4 Å². The van der Waals surface area contributed by atoms with Crippen LogP contribution in [0.2, 0.25) is 0 Å². The van der Waals surface area contributed by atoms with E-state index < -0.39 is 0 Å². The predicted molar refractivity (Wildman–Crippen MR) is 88.8 cm³/mol. The lowest BCUT2D eigenvalue weighted by molar-refractivity contribution is -0.122. The van der Waals surface area contributed by atoms with E-state index in [2.05, 4.69) is 20.1 Å². The zero-order valence-corrected chi connectivity index (χ0v) is 13.5. The molecular formula is C17H16N4O4. The molecule has 0 atom stereocenters. The summed E-state index contributed by atoms with van der Waals surface area (Å²) >= 11 is 0. The quantitative estimate of drug-likeness (QED) is 0.724. The molecule has 25 heavy (non-hydrogen) atoms. The molecule has 8 nitrogen and oxygen atoms in total. The van der Waals surface area contributed by atoms with Gasteiger partial charge in [-0.25, -0.2) is 4.68 Å². The molecule has 0 unspecified atom stereocenters. The minimum atomic E-state index is -0.353. The second kappa shape index (κ2) is 7.43. The highest BCUT2D eigenvalue weighted by Gasteiger charge is 2.09. The van der Waals surface area contributed by atoms with E-state index in [-0.39, 0.29) is 24.6 Å². The number of hydrogen-bond acceptors (Lipinski definition) is 6. The van der Waals surface area contributed by atoms with Crippen molar-refractivity contribution in [1.29, 1.82) is 0 Å². The summed E-state index contributed by atoms with van der Waals surface area (Å²) in [6.07, 6.45) is 1.42. The number of nitrogens with one attached hydrogen (secondary N) is 1. The van der Waals surface area contributed by atoms with Crippen molar-refractivity contribution in [3.8, 4) is 17.0 Å². The summed E-state index contributed by atoms with van der Waals surface area (Å²) in [6, 6.07) is 11.9. The summed E-state index contributed by atoms with van der Waals surface area (Å²) in [5.74, 6) is 0.383. The van der Waals surface area contributed by atoms with E-state index in [1.54, 1.807) is 31.4 Å². The molecule has 0 aliphatic heterocycles. The fourth-order valence-corrected chi connectivity index (χ4v) is 2.19. The third-order valence-electron chi connectivity index (χ3n) is 3.50. The fraction of sp³-hybridized carbons (Fsp3) is 0.176. The molecule has 1 aromatic carbocycles. The summed E-state index contributed by atoms with van der Waals surface area (Å²) in [4.78, 5) is 24.0. The molecule has 8 heteroatoms. The van der Waals surface area contributed by atoms with E-state index >= 15 is 0 Å². The van der Waals surface area contributed by atoms with Gasteiger partial charge in [0.1, 0.15) is 24.3 Å². The van der Waals surface area contributed by atoms with E-state index in [4.69, 9.17) is 4.74 Å². The molecule has 0 aliphatic rings. The molecule has 1 amide bonds. The van der Waals surface area contributed by atoms with Crippen molar-refractivity contribution >= 4 is 5.91 Å². The van der Waals surface area contributed by atoms with Crippen molar-refractivity contribution in [3.05, 3.63) is 64.8 Å². The van der Waals surface area contributed by atoms with Gasteiger partial charge >= 0.3 is 0 Å². The third kappa shape index (κ3) is 4.11. The molecule has 0 saturated carbocycles. The summed E-state index contributed by atoms with van der Waals surface area (Å²) < 4.78 is 10.9. The van der Waals surface area contributed by atoms with Crippen molar-refractivity contribution in [1.82, 2.24) is 20.3 Å². The molecule has 128 valence electrons. The molecule has 0 aliphatic carbocycles. The minimum Gasteiger partial charge on any atom is -0.497 e.